The van der Waals surface area contributed by atoms with Gasteiger partial charge in [-0.2, -0.15) is 15.1 Å². The van der Waals surface area contributed by atoms with Crippen LogP contribution in [0.5, 0.6) is 0 Å². The third-order valence-electron chi connectivity index (χ3n) is 5.65. The molecule has 0 aliphatic carbocycles. The highest BCUT2D eigenvalue weighted by Crippen LogP contribution is 2.28. The predicted octanol–water partition coefficient (Wildman–Crippen LogP) is 1.87. The van der Waals surface area contributed by atoms with E-state index in [1.165, 1.54) is 0 Å². The van der Waals surface area contributed by atoms with Crippen molar-refractivity contribution in [3.05, 3.63) is 30.2 Å². The van der Waals surface area contributed by atoms with Crippen molar-refractivity contribution in [3.63, 3.8) is 0 Å². The first-order chi connectivity index (χ1) is 14.9. The Morgan fingerprint density at radius 2 is 2.10 bits per heavy atom. The number of aromatic amines is 1. The molecule has 5 rings (SSSR count). The zero-order valence-corrected chi connectivity index (χ0v) is 17.6. The third kappa shape index (κ3) is 3.27. The van der Waals surface area contributed by atoms with E-state index in [1.807, 2.05) is 37.1 Å². The van der Waals surface area contributed by atoms with Crippen LogP contribution >= 0.6 is 0 Å². The van der Waals surface area contributed by atoms with Gasteiger partial charge in [-0.05, 0) is 26.0 Å². The molecule has 1 fully saturated rings. The second-order valence-corrected chi connectivity index (χ2v) is 7.85. The Morgan fingerprint density at radius 3 is 2.90 bits per heavy atom. The summed E-state index contributed by atoms with van der Waals surface area (Å²) in [6, 6.07) is 5.60. The van der Waals surface area contributed by atoms with Crippen LogP contribution in [0.3, 0.4) is 0 Å². The Labute approximate surface area is 178 Å². The number of carbonyl (C=O) groups is 1. The van der Waals surface area contributed by atoms with E-state index in [1.54, 1.807) is 10.9 Å². The van der Waals surface area contributed by atoms with E-state index in [0.717, 1.165) is 28.1 Å². The molecule has 1 aromatic carbocycles. The van der Waals surface area contributed by atoms with E-state index in [4.69, 9.17) is 5.73 Å². The number of fused-ring (bicyclic) bond motifs is 2. The number of para-hydroxylation sites is 1. The van der Waals surface area contributed by atoms with Gasteiger partial charge in [0.05, 0.1) is 22.8 Å². The molecule has 0 saturated carbocycles. The number of anilines is 3. The van der Waals surface area contributed by atoms with Crippen LogP contribution in [-0.2, 0) is 7.05 Å². The van der Waals surface area contributed by atoms with Gasteiger partial charge in [0.1, 0.15) is 17.2 Å². The van der Waals surface area contributed by atoms with Crippen molar-refractivity contribution in [2.24, 2.45) is 7.05 Å². The van der Waals surface area contributed by atoms with Gasteiger partial charge < -0.3 is 25.8 Å². The number of aryl methyl sites for hydroxylation is 2. The standard InChI is InChI=1S/C20H24N10O/c1-11-10-29(20(31)25-15-6-4-5-14-16(15)24-12(2)23-14)7-8-30(11)18-13-9-22-28(3)17(13)26-19(21)27-18/h4-6,9,11H,7-8,10H2,1-3H3,(H,23,24)(H,25,31)(H2,21,26,27)/t11-/m0/s1. The number of amides is 2. The highest BCUT2D eigenvalue weighted by molar-refractivity contribution is 5.99. The summed E-state index contributed by atoms with van der Waals surface area (Å²) in [5, 5.41) is 8.14. The Hall–Kier alpha value is -3.89. The van der Waals surface area contributed by atoms with Crippen molar-refractivity contribution < 1.29 is 4.79 Å². The molecule has 4 heterocycles. The highest BCUT2D eigenvalue weighted by atomic mass is 16.2. The number of piperazine rings is 1. The van der Waals surface area contributed by atoms with Gasteiger partial charge in [0.25, 0.3) is 0 Å². The minimum atomic E-state index is -0.145. The minimum absolute atomic E-state index is 0.0422. The molecule has 2 amide bonds. The zero-order valence-electron chi connectivity index (χ0n) is 17.6. The number of benzene rings is 1. The van der Waals surface area contributed by atoms with Crippen LogP contribution in [0.25, 0.3) is 22.1 Å². The lowest BCUT2D eigenvalue weighted by molar-refractivity contribution is 0.200. The molecule has 1 aliphatic heterocycles. The SMILES string of the molecule is Cc1nc2c(NC(=O)N3CCN(c4nc(N)nc5c4cnn5C)[C@@H](C)C3)cccc2[nH]1. The Morgan fingerprint density at radius 1 is 1.26 bits per heavy atom. The molecule has 160 valence electrons. The van der Waals surface area contributed by atoms with Crippen molar-refractivity contribution in [1.82, 2.24) is 34.6 Å². The minimum Gasteiger partial charge on any atom is -0.368 e. The number of urea groups is 1. The van der Waals surface area contributed by atoms with E-state index in [-0.39, 0.29) is 18.0 Å². The van der Waals surface area contributed by atoms with Gasteiger partial charge in [0.2, 0.25) is 5.95 Å². The van der Waals surface area contributed by atoms with Gasteiger partial charge in [-0.1, -0.05) is 6.07 Å². The maximum Gasteiger partial charge on any atom is 0.322 e. The predicted molar refractivity (Wildman–Crippen MR) is 119 cm³/mol. The lowest BCUT2D eigenvalue weighted by Gasteiger charge is -2.40. The van der Waals surface area contributed by atoms with Crippen molar-refractivity contribution in [3.8, 4) is 0 Å². The van der Waals surface area contributed by atoms with Crippen LogP contribution in [-0.4, -0.2) is 66.3 Å². The maximum atomic E-state index is 13.0. The average Bonchev–Trinajstić information content (AvgIpc) is 3.30. The van der Waals surface area contributed by atoms with Crippen LogP contribution in [0, 0.1) is 6.92 Å². The first-order valence-electron chi connectivity index (χ1n) is 10.1. The summed E-state index contributed by atoms with van der Waals surface area (Å²) in [7, 11) is 1.83. The van der Waals surface area contributed by atoms with Crippen LogP contribution in [0.1, 0.15) is 12.7 Å². The number of H-pyrrole nitrogens is 1. The maximum absolute atomic E-state index is 13.0. The number of hydrogen-bond acceptors (Lipinski definition) is 7. The lowest BCUT2D eigenvalue weighted by Crippen LogP contribution is -2.55. The first-order valence-corrected chi connectivity index (χ1v) is 10.1. The molecular formula is C20H24N10O. The summed E-state index contributed by atoms with van der Waals surface area (Å²) in [6.07, 6.45) is 1.75. The number of carbonyl (C=O) groups excluding carboxylic acids is 1. The summed E-state index contributed by atoms with van der Waals surface area (Å²) in [5.74, 6) is 1.77. The third-order valence-corrected chi connectivity index (χ3v) is 5.65. The fourth-order valence-electron chi connectivity index (χ4n) is 4.15. The van der Waals surface area contributed by atoms with Gasteiger partial charge in [-0.3, -0.25) is 4.68 Å². The Bertz CT molecular complexity index is 1290. The number of aromatic nitrogens is 6. The molecule has 0 spiro atoms. The van der Waals surface area contributed by atoms with E-state index < -0.39 is 0 Å². The van der Waals surface area contributed by atoms with Crippen molar-refractivity contribution >= 4 is 45.6 Å². The van der Waals surface area contributed by atoms with E-state index in [2.05, 4.69) is 42.2 Å². The fraction of sp³-hybridized carbons (Fsp3) is 0.350. The summed E-state index contributed by atoms with van der Waals surface area (Å²) in [5.41, 5.74) is 8.99. The molecule has 0 radical (unpaired) electrons. The molecule has 4 N–H and O–H groups in total. The number of rotatable bonds is 2. The van der Waals surface area contributed by atoms with E-state index in [9.17, 15) is 4.79 Å². The van der Waals surface area contributed by atoms with Gasteiger partial charge in [0.15, 0.2) is 5.65 Å². The quantitative estimate of drug-likeness (QED) is 0.451. The second kappa shape index (κ2) is 7.11. The van der Waals surface area contributed by atoms with E-state index >= 15 is 0 Å². The summed E-state index contributed by atoms with van der Waals surface area (Å²) in [4.78, 5) is 33.4. The molecular weight excluding hydrogens is 396 g/mol. The summed E-state index contributed by atoms with van der Waals surface area (Å²) < 4.78 is 1.68. The van der Waals surface area contributed by atoms with Crippen molar-refractivity contribution in [2.45, 2.75) is 19.9 Å². The van der Waals surface area contributed by atoms with Gasteiger partial charge in [-0.15, -0.1) is 0 Å². The fourth-order valence-corrected chi connectivity index (χ4v) is 4.15. The first kappa shape index (κ1) is 19.1. The Kier molecular flexibility index (Phi) is 4.38. The molecule has 0 unspecified atom stereocenters. The molecule has 4 aromatic rings. The van der Waals surface area contributed by atoms with Gasteiger partial charge >= 0.3 is 6.03 Å². The highest BCUT2D eigenvalue weighted by Gasteiger charge is 2.30. The van der Waals surface area contributed by atoms with Crippen molar-refractivity contribution in [1.29, 1.82) is 0 Å². The lowest BCUT2D eigenvalue weighted by atomic mass is 10.2. The van der Waals surface area contributed by atoms with E-state index in [0.29, 0.717) is 31.0 Å². The number of nitrogens with zero attached hydrogens (tertiary/aromatic N) is 7. The molecule has 1 aliphatic rings. The van der Waals surface area contributed by atoms with Crippen LogP contribution in [0.2, 0.25) is 0 Å². The topological polar surface area (TPSA) is 134 Å². The molecule has 1 atom stereocenters. The van der Waals surface area contributed by atoms with Gasteiger partial charge in [-0.25, -0.2) is 9.78 Å². The van der Waals surface area contributed by atoms with Crippen molar-refractivity contribution in [2.75, 3.05) is 35.6 Å². The number of nitrogens with one attached hydrogen (secondary N) is 2. The number of imidazole rings is 1. The van der Waals surface area contributed by atoms with Crippen LogP contribution in [0.15, 0.2) is 24.4 Å². The Balaban J connectivity index is 1.35. The molecule has 1 saturated heterocycles. The largest absolute Gasteiger partial charge is 0.368 e. The molecule has 3 aromatic heterocycles. The molecule has 0 bridgehead atoms. The van der Waals surface area contributed by atoms with Gasteiger partial charge in [0, 0.05) is 32.7 Å². The normalized spacial score (nSPS) is 16.9. The summed E-state index contributed by atoms with van der Waals surface area (Å²) in [6.45, 7) is 5.69. The number of nitrogen functional groups attached to an aromatic ring is 1. The number of nitrogens with two attached hydrogens (primary N) is 1. The average molecular weight is 420 g/mol. The second-order valence-electron chi connectivity index (χ2n) is 7.85. The monoisotopic (exact) mass is 420 g/mol. The number of hydrogen-bond donors (Lipinski definition) is 3. The smallest absolute Gasteiger partial charge is 0.322 e. The summed E-state index contributed by atoms with van der Waals surface area (Å²) >= 11 is 0. The zero-order chi connectivity index (χ0) is 21.7. The molecule has 31 heavy (non-hydrogen) atoms. The molecule has 11 heteroatoms. The molecule has 11 nitrogen and oxygen atoms in total. The van der Waals surface area contributed by atoms with Crippen LogP contribution < -0.4 is 16.0 Å². The van der Waals surface area contributed by atoms with Crippen LogP contribution in [0.4, 0.5) is 22.2 Å².